The smallest absolute Gasteiger partial charge is 0.245 e. The lowest BCUT2D eigenvalue weighted by atomic mass is 10.1. The van der Waals surface area contributed by atoms with Crippen LogP contribution in [0.3, 0.4) is 0 Å². The Balaban J connectivity index is 0.00000190. The van der Waals surface area contributed by atoms with Crippen LogP contribution in [0.5, 0.6) is 5.75 Å². The first-order chi connectivity index (χ1) is 13.4. The number of nitrogens with one attached hydrogen (secondary N) is 2. The Morgan fingerprint density at radius 1 is 1.39 bits per heavy atom. The van der Waals surface area contributed by atoms with Gasteiger partial charge in [0.2, 0.25) is 5.91 Å². The monoisotopic (exact) mass is 386 g/mol. The minimum atomic E-state index is -0.544. The van der Waals surface area contributed by atoms with E-state index in [9.17, 15) is 14.3 Å². The second-order valence-electron chi connectivity index (χ2n) is 5.59. The van der Waals surface area contributed by atoms with Gasteiger partial charge in [-0.15, -0.1) is 0 Å². The van der Waals surface area contributed by atoms with Gasteiger partial charge in [-0.3, -0.25) is 14.8 Å². The Labute approximate surface area is 165 Å². The second kappa shape index (κ2) is 11.5. The highest BCUT2D eigenvalue weighted by Crippen LogP contribution is 2.20. The summed E-state index contributed by atoms with van der Waals surface area (Å²) < 4.78 is 13.8. The molecule has 1 aliphatic rings. The van der Waals surface area contributed by atoms with Crippen molar-refractivity contribution in [2.45, 2.75) is 27.2 Å². The first kappa shape index (κ1) is 22.8. The molecule has 3 N–H and O–H groups in total. The molecule has 7 heteroatoms. The third kappa shape index (κ3) is 6.50. The normalized spacial score (nSPS) is 14.8. The molecule has 1 heterocycles. The summed E-state index contributed by atoms with van der Waals surface area (Å²) in [6, 6.07) is 4.09. The molecule has 0 bridgehead atoms. The molecule has 0 fully saturated rings. The fraction of sp³-hybridized carbons (Fsp3) is 0.286. The zero-order chi connectivity index (χ0) is 21.1. The highest BCUT2D eigenvalue weighted by molar-refractivity contribution is 6.08. The zero-order valence-electron chi connectivity index (χ0n) is 16.7. The van der Waals surface area contributed by atoms with Gasteiger partial charge in [0.15, 0.2) is 0 Å². The standard InChI is InChI=1S/C19H21FN4O2.C2H6/c1-12(24-14-7-9-23-18(26)11-14)16(21-3)8-10-22-13(2)19-15(20)5-4-6-17(19)25;1-2/h4-6,8,10-11,24-25H,1,7,9H2,2-3H3,(H,23,26);1-2H3/b10-8-,21-16?,22-13?;. The molecule has 1 aromatic rings. The van der Waals surface area contributed by atoms with Crippen LogP contribution in [0.4, 0.5) is 4.39 Å². The third-order valence-electron chi connectivity index (χ3n) is 3.71. The van der Waals surface area contributed by atoms with Crippen LogP contribution in [-0.2, 0) is 4.79 Å². The fourth-order valence-electron chi connectivity index (χ4n) is 2.42. The number of aliphatic imine (C=N–C) groups is 2. The van der Waals surface area contributed by atoms with Gasteiger partial charge in [0.1, 0.15) is 11.6 Å². The quantitative estimate of drug-likeness (QED) is 0.655. The lowest BCUT2D eigenvalue weighted by Gasteiger charge is -2.17. The van der Waals surface area contributed by atoms with E-state index in [1.165, 1.54) is 30.5 Å². The van der Waals surface area contributed by atoms with Gasteiger partial charge >= 0.3 is 0 Å². The van der Waals surface area contributed by atoms with Crippen molar-refractivity contribution >= 4 is 17.3 Å². The van der Waals surface area contributed by atoms with Crippen molar-refractivity contribution in [2.24, 2.45) is 9.98 Å². The lowest BCUT2D eigenvalue weighted by molar-refractivity contribution is -0.116. The van der Waals surface area contributed by atoms with Gasteiger partial charge in [-0.25, -0.2) is 4.39 Å². The van der Waals surface area contributed by atoms with Gasteiger partial charge < -0.3 is 15.7 Å². The number of amides is 1. The number of carbonyl (C=O) groups excluding carboxylic acids is 1. The average Bonchev–Trinajstić information content (AvgIpc) is 2.66. The first-order valence-electron chi connectivity index (χ1n) is 9.02. The van der Waals surface area contributed by atoms with Crippen LogP contribution in [-0.4, -0.2) is 36.0 Å². The molecular formula is C21H27FN4O2. The van der Waals surface area contributed by atoms with Gasteiger partial charge in [-0.05, 0) is 25.1 Å². The predicted molar refractivity (Wildman–Crippen MR) is 112 cm³/mol. The molecule has 0 unspecified atom stereocenters. The van der Waals surface area contributed by atoms with Crippen molar-refractivity contribution in [1.82, 2.24) is 10.6 Å². The van der Waals surface area contributed by atoms with E-state index in [2.05, 4.69) is 27.2 Å². The SMILES string of the molecule is C=C(NC1=CC(=O)NCC1)C(/C=C\N=C(C)c1c(O)cccc1F)=NC.CC. The number of benzene rings is 1. The summed E-state index contributed by atoms with van der Waals surface area (Å²) in [5.74, 6) is -0.864. The minimum absolute atomic E-state index is 0.0578. The summed E-state index contributed by atoms with van der Waals surface area (Å²) in [7, 11) is 1.60. The van der Waals surface area contributed by atoms with E-state index in [-0.39, 0.29) is 17.2 Å². The second-order valence-corrected chi connectivity index (χ2v) is 5.59. The molecule has 0 aliphatic carbocycles. The zero-order valence-corrected chi connectivity index (χ0v) is 16.7. The molecule has 0 spiro atoms. The van der Waals surface area contributed by atoms with Gasteiger partial charge in [0.25, 0.3) is 0 Å². The summed E-state index contributed by atoms with van der Waals surface area (Å²) in [5.41, 5.74) is 2.20. The molecule has 0 atom stereocenters. The van der Waals surface area contributed by atoms with Crippen LogP contribution in [0.2, 0.25) is 0 Å². The number of hydrogen-bond donors (Lipinski definition) is 3. The lowest BCUT2D eigenvalue weighted by Crippen LogP contribution is -2.31. The van der Waals surface area contributed by atoms with E-state index in [0.29, 0.717) is 30.1 Å². The van der Waals surface area contributed by atoms with Crippen LogP contribution in [0.25, 0.3) is 0 Å². The van der Waals surface area contributed by atoms with Crippen molar-refractivity contribution in [3.63, 3.8) is 0 Å². The Morgan fingerprint density at radius 3 is 2.71 bits per heavy atom. The number of hydrogen-bond acceptors (Lipinski definition) is 5. The van der Waals surface area contributed by atoms with Gasteiger partial charge in [0, 0.05) is 38.0 Å². The topological polar surface area (TPSA) is 86.1 Å². The summed E-state index contributed by atoms with van der Waals surface area (Å²) in [5, 5.41) is 15.5. The molecular weight excluding hydrogens is 359 g/mol. The number of carbonyl (C=O) groups is 1. The van der Waals surface area contributed by atoms with Gasteiger partial charge in [0.05, 0.1) is 22.7 Å². The molecule has 6 nitrogen and oxygen atoms in total. The molecule has 2 rings (SSSR count). The maximum Gasteiger partial charge on any atom is 0.245 e. The third-order valence-corrected chi connectivity index (χ3v) is 3.71. The molecule has 1 aliphatic heterocycles. The molecule has 0 aromatic heterocycles. The average molecular weight is 386 g/mol. The number of rotatable bonds is 6. The summed E-state index contributed by atoms with van der Waals surface area (Å²) >= 11 is 0. The molecule has 0 saturated carbocycles. The first-order valence-corrected chi connectivity index (χ1v) is 9.02. The van der Waals surface area contributed by atoms with Gasteiger partial charge in [-0.2, -0.15) is 0 Å². The molecule has 150 valence electrons. The Kier molecular flexibility index (Phi) is 9.36. The van der Waals surface area contributed by atoms with E-state index in [1.54, 1.807) is 20.0 Å². The van der Waals surface area contributed by atoms with Crippen LogP contribution < -0.4 is 10.6 Å². The minimum Gasteiger partial charge on any atom is -0.507 e. The number of aromatic hydroxyl groups is 1. The van der Waals surface area contributed by atoms with Gasteiger partial charge in [-0.1, -0.05) is 26.5 Å². The fourth-order valence-corrected chi connectivity index (χ4v) is 2.42. The maximum absolute atomic E-state index is 13.8. The highest BCUT2D eigenvalue weighted by atomic mass is 19.1. The van der Waals surface area contributed by atoms with Crippen LogP contribution >= 0.6 is 0 Å². The predicted octanol–water partition coefficient (Wildman–Crippen LogP) is 3.46. The molecule has 0 radical (unpaired) electrons. The van der Waals surface area contributed by atoms with E-state index in [0.717, 1.165) is 5.70 Å². The van der Waals surface area contributed by atoms with E-state index in [1.807, 2.05) is 13.8 Å². The Bertz CT molecular complexity index is 819. The summed E-state index contributed by atoms with van der Waals surface area (Å²) in [4.78, 5) is 19.6. The van der Waals surface area contributed by atoms with E-state index in [4.69, 9.17) is 0 Å². The van der Waals surface area contributed by atoms with Crippen molar-refractivity contribution in [2.75, 3.05) is 13.6 Å². The van der Waals surface area contributed by atoms with Crippen LogP contribution in [0.1, 0.15) is 32.8 Å². The van der Waals surface area contributed by atoms with Crippen molar-refractivity contribution in [3.05, 3.63) is 65.9 Å². The number of nitrogens with zero attached hydrogens (tertiary/aromatic N) is 2. The number of phenolic OH excluding ortho intramolecular Hbond substituents is 1. The summed E-state index contributed by atoms with van der Waals surface area (Å²) in [6.07, 6.45) is 5.22. The van der Waals surface area contributed by atoms with E-state index < -0.39 is 5.82 Å². The summed E-state index contributed by atoms with van der Waals surface area (Å²) in [6.45, 7) is 10.1. The van der Waals surface area contributed by atoms with Crippen LogP contribution in [0, 0.1) is 5.82 Å². The highest BCUT2D eigenvalue weighted by Gasteiger charge is 2.11. The number of halogens is 1. The van der Waals surface area contributed by atoms with Crippen molar-refractivity contribution in [3.8, 4) is 5.75 Å². The Hall–Kier alpha value is -3.22. The molecule has 1 amide bonds. The molecule has 1 aromatic carbocycles. The van der Waals surface area contributed by atoms with E-state index >= 15 is 0 Å². The van der Waals surface area contributed by atoms with Crippen molar-refractivity contribution < 1.29 is 14.3 Å². The maximum atomic E-state index is 13.8. The van der Waals surface area contributed by atoms with Crippen molar-refractivity contribution in [1.29, 1.82) is 0 Å². The Morgan fingerprint density at radius 2 is 2.11 bits per heavy atom. The molecule has 0 saturated heterocycles. The number of phenols is 1. The molecule has 28 heavy (non-hydrogen) atoms. The largest absolute Gasteiger partial charge is 0.507 e. The van der Waals surface area contributed by atoms with Crippen LogP contribution in [0.15, 0.2) is 64.5 Å². The number of allylic oxidation sites excluding steroid dienone is 1.